The SMILES string of the molecule is N#CC(C(=O)NC1(C(F)(F)F)CC1)c1ccccc1. The molecule has 1 N–H and O–H groups in total. The molecule has 0 aromatic heterocycles. The lowest BCUT2D eigenvalue weighted by molar-refractivity contribution is -0.170. The Bertz CT molecular complexity index is 515. The Morgan fingerprint density at radius 2 is 1.89 bits per heavy atom. The quantitative estimate of drug-likeness (QED) is 0.915. The largest absolute Gasteiger partial charge is 0.411 e. The molecule has 1 atom stereocenters. The van der Waals surface area contributed by atoms with Gasteiger partial charge in [0.2, 0.25) is 5.91 Å². The van der Waals surface area contributed by atoms with E-state index in [-0.39, 0.29) is 12.8 Å². The van der Waals surface area contributed by atoms with Gasteiger partial charge in [0.1, 0.15) is 11.5 Å². The zero-order valence-electron chi connectivity index (χ0n) is 9.87. The second kappa shape index (κ2) is 4.57. The minimum atomic E-state index is -4.47. The van der Waals surface area contributed by atoms with Gasteiger partial charge in [-0.25, -0.2) is 0 Å². The molecule has 1 amide bonds. The summed E-state index contributed by atoms with van der Waals surface area (Å²) in [4.78, 5) is 11.8. The number of carbonyl (C=O) groups excluding carboxylic acids is 1. The zero-order chi connectivity index (χ0) is 14.1. The van der Waals surface area contributed by atoms with Crippen molar-refractivity contribution in [1.29, 1.82) is 5.26 Å². The van der Waals surface area contributed by atoms with Crippen LogP contribution in [0.1, 0.15) is 24.3 Å². The monoisotopic (exact) mass is 268 g/mol. The Labute approximate surface area is 108 Å². The van der Waals surface area contributed by atoms with Crippen molar-refractivity contribution < 1.29 is 18.0 Å². The Balaban J connectivity index is 2.14. The molecule has 0 heterocycles. The number of hydrogen-bond acceptors (Lipinski definition) is 2. The minimum absolute atomic E-state index is 0.130. The molecule has 3 nitrogen and oxygen atoms in total. The van der Waals surface area contributed by atoms with Crippen LogP contribution in [0.3, 0.4) is 0 Å². The van der Waals surface area contributed by atoms with Crippen molar-refractivity contribution in [2.75, 3.05) is 0 Å². The van der Waals surface area contributed by atoms with E-state index in [0.717, 1.165) is 0 Å². The van der Waals surface area contributed by atoms with Crippen LogP contribution in [0.4, 0.5) is 13.2 Å². The minimum Gasteiger partial charge on any atom is -0.341 e. The van der Waals surface area contributed by atoms with E-state index in [1.165, 1.54) is 0 Å². The van der Waals surface area contributed by atoms with Gasteiger partial charge in [-0.2, -0.15) is 18.4 Å². The summed E-state index contributed by atoms with van der Waals surface area (Å²) in [5, 5.41) is 10.9. The first-order valence-corrected chi connectivity index (χ1v) is 5.73. The third-order valence-electron chi connectivity index (χ3n) is 3.18. The molecule has 1 aromatic rings. The highest BCUT2D eigenvalue weighted by molar-refractivity contribution is 5.87. The van der Waals surface area contributed by atoms with Gasteiger partial charge >= 0.3 is 6.18 Å². The van der Waals surface area contributed by atoms with E-state index in [0.29, 0.717) is 5.56 Å². The molecule has 1 aliphatic rings. The molecule has 1 aliphatic carbocycles. The van der Waals surface area contributed by atoms with Crippen molar-refractivity contribution in [3.05, 3.63) is 35.9 Å². The Morgan fingerprint density at radius 1 is 1.32 bits per heavy atom. The number of nitrogens with zero attached hydrogens (tertiary/aromatic N) is 1. The molecule has 0 radical (unpaired) electrons. The fraction of sp³-hybridized carbons (Fsp3) is 0.385. The summed E-state index contributed by atoms with van der Waals surface area (Å²) in [6, 6.07) is 9.78. The maximum Gasteiger partial charge on any atom is 0.411 e. The van der Waals surface area contributed by atoms with Crippen molar-refractivity contribution in [3.63, 3.8) is 0 Å². The number of halogens is 3. The molecule has 1 saturated carbocycles. The lowest BCUT2D eigenvalue weighted by Crippen LogP contribution is -2.49. The Morgan fingerprint density at radius 3 is 2.32 bits per heavy atom. The van der Waals surface area contributed by atoms with Crippen LogP contribution < -0.4 is 5.32 Å². The van der Waals surface area contributed by atoms with Crippen LogP contribution in [0.25, 0.3) is 0 Å². The summed E-state index contributed by atoms with van der Waals surface area (Å²) < 4.78 is 38.2. The van der Waals surface area contributed by atoms with Crippen LogP contribution in [-0.2, 0) is 4.79 Å². The number of nitrogens with one attached hydrogen (secondary N) is 1. The van der Waals surface area contributed by atoms with Gasteiger partial charge in [-0.3, -0.25) is 4.79 Å². The van der Waals surface area contributed by atoms with Gasteiger partial charge in [-0.15, -0.1) is 0 Å². The maximum atomic E-state index is 12.7. The van der Waals surface area contributed by atoms with Crippen LogP contribution >= 0.6 is 0 Å². The molecule has 0 aliphatic heterocycles. The number of nitriles is 1. The number of carbonyl (C=O) groups is 1. The number of benzene rings is 1. The third-order valence-corrected chi connectivity index (χ3v) is 3.18. The highest BCUT2D eigenvalue weighted by atomic mass is 19.4. The van der Waals surface area contributed by atoms with E-state index in [4.69, 9.17) is 5.26 Å². The van der Waals surface area contributed by atoms with Crippen molar-refractivity contribution in [3.8, 4) is 6.07 Å². The predicted molar refractivity (Wildman–Crippen MR) is 61.0 cm³/mol. The number of alkyl halides is 3. The Hall–Kier alpha value is -2.03. The topological polar surface area (TPSA) is 52.9 Å². The van der Waals surface area contributed by atoms with E-state index in [9.17, 15) is 18.0 Å². The molecule has 6 heteroatoms. The van der Waals surface area contributed by atoms with Crippen LogP contribution in [0, 0.1) is 11.3 Å². The molecule has 2 rings (SSSR count). The fourth-order valence-electron chi connectivity index (χ4n) is 1.84. The average Bonchev–Trinajstić information content (AvgIpc) is 3.11. The number of rotatable bonds is 3. The lowest BCUT2D eigenvalue weighted by Gasteiger charge is -2.22. The molecule has 1 fully saturated rings. The van der Waals surface area contributed by atoms with E-state index in [2.05, 4.69) is 0 Å². The third kappa shape index (κ3) is 2.55. The molecule has 0 bridgehead atoms. The first-order valence-electron chi connectivity index (χ1n) is 5.73. The van der Waals surface area contributed by atoms with Crippen LogP contribution in [0.2, 0.25) is 0 Å². The van der Waals surface area contributed by atoms with Crippen molar-refractivity contribution in [1.82, 2.24) is 5.32 Å². The first-order chi connectivity index (χ1) is 8.89. The summed E-state index contributed by atoms with van der Waals surface area (Å²) in [5.41, 5.74) is -1.74. The van der Waals surface area contributed by atoms with Gasteiger partial charge in [-0.1, -0.05) is 30.3 Å². The van der Waals surface area contributed by atoms with Gasteiger partial charge in [0, 0.05) is 0 Å². The average molecular weight is 268 g/mol. The molecule has 0 spiro atoms. The summed E-state index contributed by atoms with van der Waals surface area (Å²) in [6.45, 7) is 0. The van der Waals surface area contributed by atoms with Crippen LogP contribution in [-0.4, -0.2) is 17.6 Å². The van der Waals surface area contributed by atoms with E-state index < -0.39 is 23.5 Å². The summed E-state index contributed by atoms with van der Waals surface area (Å²) in [7, 11) is 0. The number of amides is 1. The molecular formula is C13H11F3N2O. The number of hydrogen-bond donors (Lipinski definition) is 1. The normalized spacial score (nSPS) is 18.2. The highest BCUT2D eigenvalue weighted by Crippen LogP contribution is 2.49. The molecule has 100 valence electrons. The molecular weight excluding hydrogens is 257 g/mol. The van der Waals surface area contributed by atoms with Gasteiger partial charge in [0.05, 0.1) is 6.07 Å². The first kappa shape index (κ1) is 13.4. The smallest absolute Gasteiger partial charge is 0.341 e. The van der Waals surface area contributed by atoms with Crippen molar-refractivity contribution >= 4 is 5.91 Å². The zero-order valence-corrected chi connectivity index (χ0v) is 9.87. The van der Waals surface area contributed by atoms with E-state index in [1.54, 1.807) is 36.4 Å². The molecule has 0 saturated heterocycles. The van der Waals surface area contributed by atoms with E-state index >= 15 is 0 Å². The van der Waals surface area contributed by atoms with Gasteiger partial charge in [-0.05, 0) is 18.4 Å². The fourth-order valence-corrected chi connectivity index (χ4v) is 1.84. The van der Waals surface area contributed by atoms with Crippen LogP contribution in [0.5, 0.6) is 0 Å². The summed E-state index contributed by atoms with van der Waals surface area (Å²) in [5.74, 6) is -2.12. The molecule has 1 aromatic carbocycles. The van der Waals surface area contributed by atoms with Gasteiger partial charge in [0.25, 0.3) is 0 Å². The van der Waals surface area contributed by atoms with Gasteiger partial charge < -0.3 is 5.32 Å². The van der Waals surface area contributed by atoms with Gasteiger partial charge in [0.15, 0.2) is 0 Å². The standard InChI is InChI=1S/C13H11F3N2O/c14-13(15,16)12(6-7-12)18-11(19)10(8-17)9-4-2-1-3-5-9/h1-5,10H,6-7H2,(H,18,19). The second-order valence-corrected chi connectivity index (χ2v) is 4.54. The molecule has 19 heavy (non-hydrogen) atoms. The second-order valence-electron chi connectivity index (χ2n) is 4.54. The van der Waals surface area contributed by atoms with E-state index in [1.807, 2.05) is 5.32 Å². The van der Waals surface area contributed by atoms with Crippen molar-refractivity contribution in [2.24, 2.45) is 0 Å². The Kier molecular flexibility index (Phi) is 3.23. The highest BCUT2D eigenvalue weighted by Gasteiger charge is 2.64. The molecule has 1 unspecified atom stereocenters. The maximum absolute atomic E-state index is 12.7. The van der Waals surface area contributed by atoms with Crippen LogP contribution in [0.15, 0.2) is 30.3 Å². The van der Waals surface area contributed by atoms with Crippen molar-refractivity contribution in [2.45, 2.75) is 30.5 Å². The predicted octanol–water partition coefficient (Wildman–Crippen LogP) is 2.50. The summed E-state index contributed by atoms with van der Waals surface area (Å²) in [6.07, 6.45) is -4.73. The lowest BCUT2D eigenvalue weighted by atomic mass is 9.99. The summed E-state index contributed by atoms with van der Waals surface area (Å²) >= 11 is 0.